The third-order valence-electron chi connectivity index (χ3n) is 7.18. The molecule has 0 unspecified atom stereocenters. The molecule has 9 heteroatoms. The summed E-state index contributed by atoms with van der Waals surface area (Å²) in [4.78, 5) is 31.5. The van der Waals surface area contributed by atoms with E-state index in [-0.39, 0.29) is 11.6 Å². The van der Waals surface area contributed by atoms with E-state index in [0.29, 0.717) is 31.9 Å². The molecule has 7 nitrogen and oxygen atoms in total. The molecule has 1 aliphatic carbocycles. The van der Waals surface area contributed by atoms with Gasteiger partial charge in [-0.25, -0.2) is 4.99 Å². The maximum atomic E-state index is 14.1. The Balaban J connectivity index is 1.58. The largest absolute Gasteiger partial charge is 0.496 e. The molecular weight excluding hydrogens is 604 g/mol. The van der Waals surface area contributed by atoms with Crippen LogP contribution in [-0.4, -0.2) is 24.3 Å². The summed E-state index contributed by atoms with van der Waals surface area (Å²) in [6.45, 7) is 3.58. The standard InChI is InChI=1S/C32H27BrN2O5S/c1-4-39-26-16-19(15-24(33)30(26)40-18(2)36)17-27-31(37)35-29(22-11-7-8-12-25(22)38-3)23-14-13-20-9-5-6-10-21(20)28(23)34-32(35)41-27/h5-12,15-17,29H,4,13-14H2,1-3H3/b27-17-/t29-/m1/s1. The second-order valence-electron chi connectivity index (χ2n) is 9.71. The number of carbonyl (C=O) groups is 1. The lowest BCUT2D eigenvalue weighted by molar-refractivity contribution is -0.132. The number of aromatic nitrogens is 1. The number of halogens is 1. The lowest BCUT2D eigenvalue weighted by Crippen LogP contribution is -2.39. The predicted molar refractivity (Wildman–Crippen MR) is 162 cm³/mol. The van der Waals surface area contributed by atoms with Gasteiger partial charge in [0, 0.05) is 18.1 Å². The van der Waals surface area contributed by atoms with Gasteiger partial charge in [-0.1, -0.05) is 53.8 Å². The molecule has 0 radical (unpaired) electrons. The lowest BCUT2D eigenvalue weighted by Gasteiger charge is -2.31. The Labute approximate surface area is 249 Å². The number of thiazole rings is 1. The average molecular weight is 632 g/mol. The molecule has 1 aliphatic heterocycles. The van der Waals surface area contributed by atoms with Crippen molar-refractivity contribution in [3.63, 3.8) is 0 Å². The van der Waals surface area contributed by atoms with E-state index in [1.807, 2.05) is 43.3 Å². The monoisotopic (exact) mass is 630 g/mol. The molecule has 0 fully saturated rings. The van der Waals surface area contributed by atoms with Crippen LogP contribution in [0.3, 0.4) is 0 Å². The van der Waals surface area contributed by atoms with E-state index >= 15 is 0 Å². The van der Waals surface area contributed by atoms with Crippen molar-refractivity contribution < 1.29 is 19.0 Å². The molecule has 0 amide bonds. The third-order valence-corrected chi connectivity index (χ3v) is 8.75. The number of carbonyl (C=O) groups excluding carboxylic acids is 1. The number of methoxy groups -OCH3 is 1. The zero-order valence-electron chi connectivity index (χ0n) is 22.8. The van der Waals surface area contributed by atoms with Crippen LogP contribution in [0.4, 0.5) is 0 Å². The fourth-order valence-corrected chi connectivity index (χ4v) is 7.06. The molecule has 0 spiro atoms. The average Bonchev–Trinajstić information content (AvgIpc) is 3.27. The van der Waals surface area contributed by atoms with Crippen LogP contribution < -0.4 is 29.1 Å². The number of ether oxygens (including phenoxy) is 3. The number of esters is 1. The van der Waals surface area contributed by atoms with Gasteiger partial charge in [0.1, 0.15) is 5.75 Å². The summed E-state index contributed by atoms with van der Waals surface area (Å²) in [5.41, 5.74) is 5.93. The Kier molecular flexibility index (Phi) is 7.40. The number of aryl methyl sites for hydroxylation is 1. The van der Waals surface area contributed by atoms with Crippen LogP contribution in [0, 0.1) is 0 Å². The molecule has 41 heavy (non-hydrogen) atoms. The van der Waals surface area contributed by atoms with Crippen molar-refractivity contribution >= 4 is 45.0 Å². The van der Waals surface area contributed by atoms with Gasteiger partial charge < -0.3 is 14.2 Å². The number of rotatable bonds is 6. The highest BCUT2D eigenvalue weighted by Gasteiger charge is 2.34. The molecule has 1 aromatic heterocycles. The topological polar surface area (TPSA) is 79.1 Å². The van der Waals surface area contributed by atoms with E-state index in [2.05, 4.69) is 34.1 Å². The predicted octanol–water partition coefficient (Wildman–Crippen LogP) is 5.41. The number of nitrogens with zero attached hydrogens (tertiary/aromatic N) is 2. The van der Waals surface area contributed by atoms with Crippen LogP contribution in [-0.2, 0) is 11.2 Å². The summed E-state index contributed by atoms with van der Waals surface area (Å²) in [6.07, 6.45) is 3.50. The first-order valence-electron chi connectivity index (χ1n) is 13.3. The first-order valence-corrected chi connectivity index (χ1v) is 14.9. The summed E-state index contributed by atoms with van der Waals surface area (Å²) in [5, 5.41) is 0. The molecule has 0 N–H and O–H groups in total. The van der Waals surface area contributed by atoms with Gasteiger partial charge in [-0.2, -0.15) is 0 Å². The van der Waals surface area contributed by atoms with Gasteiger partial charge in [0.15, 0.2) is 16.3 Å². The molecule has 208 valence electrons. The Morgan fingerprint density at radius 1 is 1.12 bits per heavy atom. The van der Waals surface area contributed by atoms with Gasteiger partial charge in [-0.05, 0) is 76.7 Å². The molecule has 2 heterocycles. The molecular formula is C32H27BrN2O5S. The second-order valence-corrected chi connectivity index (χ2v) is 11.6. The molecule has 4 aromatic rings. The lowest BCUT2D eigenvalue weighted by atomic mass is 9.83. The van der Waals surface area contributed by atoms with Crippen molar-refractivity contribution in [2.75, 3.05) is 13.7 Å². The molecule has 0 saturated heterocycles. The maximum Gasteiger partial charge on any atom is 0.308 e. The minimum atomic E-state index is -0.449. The molecule has 6 rings (SSSR count). The van der Waals surface area contributed by atoms with Crippen LogP contribution in [0.5, 0.6) is 17.2 Å². The third kappa shape index (κ3) is 4.93. The zero-order chi connectivity index (χ0) is 28.7. The van der Waals surface area contributed by atoms with E-state index in [1.54, 1.807) is 23.8 Å². The smallest absolute Gasteiger partial charge is 0.308 e. The number of hydrogen-bond acceptors (Lipinski definition) is 7. The summed E-state index contributed by atoms with van der Waals surface area (Å²) in [5.74, 6) is 0.996. The fraction of sp³-hybridized carbons (Fsp3) is 0.219. The van der Waals surface area contributed by atoms with Crippen molar-refractivity contribution in [1.29, 1.82) is 0 Å². The normalized spacial score (nSPS) is 15.9. The van der Waals surface area contributed by atoms with Gasteiger partial charge in [-0.15, -0.1) is 0 Å². The van der Waals surface area contributed by atoms with E-state index in [9.17, 15) is 9.59 Å². The Hall–Kier alpha value is -3.95. The van der Waals surface area contributed by atoms with Gasteiger partial charge in [0.05, 0.1) is 34.5 Å². The van der Waals surface area contributed by atoms with Crippen LogP contribution in [0.15, 0.2) is 80.5 Å². The number of benzene rings is 3. The minimum absolute atomic E-state index is 0.131. The van der Waals surface area contributed by atoms with Crippen molar-refractivity contribution in [1.82, 2.24) is 4.57 Å². The molecule has 2 aliphatic rings. The van der Waals surface area contributed by atoms with Crippen molar-refractivity contribution in [3.8, 4) is 17.2 Å². The van der Waals surface area contributed by atoms with Gasteiger partial charge >= 0.3 is 5.97 Å². The van der Waals surface area contributed by atoms with E-state index in [1.165, 1.54) is 23.8 Å². The number of para-hydroxylation sites is 1. The Morgan fingerprint density at radius 3 is 2.68 bits per heavy atom. The first kappa shape index (κ1) is 27.2. The van der Waals surface area contributed by atoms with Gasteiger partial charge in [-0.3, -0.25) is 14.2 Å². The molecule has 3 aromatic carbocycles. The van der Waals surface area contributed by atoms with Crippen molar-refractivity contribution in [2.24, 2.45) is 4.99 Å². The first-order chi connectivity index (χ1) is 19.9. The highest BCUT2D eigenvalue weighted by molar-refractivity contribution is 9.10. The van der Waals surface area contributed by atoms with E-state index < -0.39 is 5.97 Å². The Bertz CT molecular complexity index is 1910. The SMILES string of the molecule is CCOc1cc(/C=c2\sc3n(c2=O)[C@H](c2ccccc2OC)C2=C(N=3)c3ccccc3CC2)cc(Br)c1OC(C)=O. The highest BCUT2D eigenvalue weighted by atomic mass is 79.9. The number of hydrogen-bond donors (Lipinski definition) is 0. The molecule has 1 atom stereocenters. The summed E-state index contributed by atoms with van der Waals surface area (Å²) >= 11 is 4.85. The van der Waals surface area contributed by atoms with E-state index in [0.717, 1.165) is 46.6 Å². The van der Waals surface area contributed by atoms with Gasteiger partial charge in [0.25, 0.3) is 5.56 Å². The zero-order valence-corrected chi connectivity index (χ0v) is 25.2. The van der Waals surface area contributed by atoms with Crippen molar-refractivity contribution in [2.45, 2.75) is 32.7 Å². The summed E-state index contributed by atoms with van der Waals surface area (Å²) in [6, 6.07) is 19.4. The van der Waals surface area contributed by atoms with Crippen LogP contribution in [0.2, 0.25) is 0 Å². The summed E-state index contributed by atoms with van der Waals surface area (Å²) < 4.78 is 19.8. The van der Waals surface area contributed by atoms with Crippen LogP contribution in [0.1, 0.15) is 48.6 Å². The second kappa shape index (κ2) is 11.1. The number of allylic oxidation sites excluding steroid dienone is 1. The Morgan fingerprint density at radius 2 is 1.90 bits per heavy atom. The molecule has 0 saturated carbocycles. The number of fused-ring (bicyclic) bond motifs is 3. The summed E-state index contributed by atoms with van der Waals surface area (Å²) in [7, 11) is 1.65. The van der Waals surface area contributed by atoms with E-state index in [4.69, 9.17) is 19.2 Å². The van der Waals surface area contributed by atoms with Crippen LogP contribution >= 0.6 is 27.3 Å². The highest BCUT2D eigenvalue weighted by Crippen LogP contribution is 2.43. The minimum Gasteiger partial charge on any atom is -0.496 e. The fourth-order valence-electron chi connectivity index (χ4n) is 5.52. The maximum absolute atomic E-state index is 14.1. The molecule has 0 bridgehead atoms. The van der Waals surface area contributed by atoms with Gasteiger partial charge in [0.2, 0.25) is 0 Å². The van der Waals surface area contributed by atoms with Crippen molar-refractivity contribution in [3.05, 3.63) is 113 Å². The quantitative estimate of drug-likeness (QED) is 0.210. The van der Waals surface area contributed by atoms with Crippen LogP contribution in [0.25, 0.3) is 11.8 Å².